The fourth-order valence-corrected chi connectivity index (χ4v) is 2.11. The van der Waals surface area contributed by atoms with Crippen LogP contribution in [0.25, 0.3) is 0 Å². The Labute approximate surface area is 90.8 Å². The molecule has 92 valence electrons. The van der Waals surface area contributed by atoms with Gasteiger partial charge in [0, 0.05) is 18.8 Å². The molecular weight excluding hydrogens is 253 g/mol. The topological polar surface area (TPSA) is 72.2 Å². The number of halogens is 3. The summed E-state index contributed by atoms with van der Waals surface area (Å²) in [6, 6.07) is 0. The number of rotatable bonds is 6. The minimum absolute atomic E-state index is 0.0677. The molecular formula is C6H13F3N2O2S2. The molecule has 0 aromatic heterocycles. The number of hydrogen-bond donors (Lipinski definition) is 2. The summed E-state index contributed by atoms with van der Waals surface area (Å²) in [6.45, 7) is 1.07. The fourth-order valence-electron chi connectivity index (χ4n) is 0.620. The monoisotopic (exact) mass is 266 g/mol. The van der Waals surface area contributed by atoms with E-state index in [9.17, 15) is 21.6 Å². The van der Waals surface area contributed by atoms with Gasteiger partial charge in [-0.1, -0.05) is 0 Å². The van der Waals surface area contributed by atoms with Gasteiger partial charge in [0.25, 0.3) is 0 Å². The first kappa shape index (κ1) is 15.0. The molecule has 0 aliphatic heterocycles. The molecule has 0 radical (unpaired) electrons. The smallest absolute Gasteiger partial charge is 0.329 e. The molecule has 0 saturated heterocycles. The van der Waals surface area contributed by atoms with Crippen LogP contribution < -0.4 is 10.5 Å². The van der Waals surface area contributed by atoms with Crippen LogP contribution in [0.3, 0.4) is 0 Å². The predicted octanol–water partition coefficient (Wildman–Crippen LogP) is 0.506. The Hall–Kier alpha value is 0.01000. The maximum Gasteiger partial charge on any atom is 0.441 e. The minimum Gasteiger partial charge on any atom is -0.329 e. The second kappa shape index (κ2) is 5.92. The zero-order valence-electron chi connectivity index (χ0n) is 8.04. The van der Waals surface area contributed by atoms with Gasteiger partial charge in [-0.05, 0) is 18.7 Å². The molecule has 15 heavy (non-hydrogen) atoms. The van der Waals surface area contributed by atoms with Crippen molar-refractivity contribution in [2.45, 2.75) is 17.7 Å². The first-order valence-corrected chi connectivity index (χ1v) is 6.61. The molecule has 1 unspecified atom stereocenters. The molecule has 0 aliphatic rings. The second-order valence-electron chi connectivity index (χ2n) is 2.78. The Morgan fingerprint density at radius 3 is 2.40 bits per heavy atom. The highest BCUT2D eigenvalue weighted by Crippen LogP contribution is 2.29. The van der Waals surface area contributed by atoms with E-state index in [0.29, 0.717) is 0 Å². The van der Waals surface area contributed by atoms with E-state index in [2.05, 4.69) is 4.72 Å². The van der Waals surface area contributed by atoms with Crippen molar-refractivity contribution < 1.29 is 21.6 Å². The van der Waals surface area contributed by atoms with Gasteiger partial charge in [0.15, 0.2) is 0 Å². The number of sulfonamides is 1. The van der Waals surface area contributed by atoms with Crippen LogP contribution in [0.5, 0.6) is 0 Å². The number of hydrogen-bond acceptors (Lipinski definition) is 4. The summed E-state index contributed by atoms with van der Waals surface area (Å²) in [5.74, 6) is -0.347. The average Bonchev–Trinajstić information content (AvgIpc) is 2.09. The molecule has 0 heterocycles. The number of thioether (sulfide) groups is 1. The van der Waals surface area contributed by atoms with E-state index >= 15 is 0 Å². The molecule has 0 aromatic rings. The van der Waals surface area contributed by atoms with Crippen molar-refractivity contribution in [2.24, 2.45) is 5.73 Å². The Kier molecular flexibility index (Phi) is 5.93. The van der Waals surface area contributed by atoms with E-state index in [1.165, 1.54) is 6.92 Å². The third kappa shape index (κ3) is 6.98. The lowest BCUT2D eigenvalue weighted by atomic mass is 10.5. The highest BCUT2D eigenvalue weighted by atomic mass is 32.2. The third-order valence-electron chi connectivity index (χ3n) is 1.53. The van der Waals surface area contributed by atoms with E-state index in [-0.39, 0.29) is 30.6 Å². The molecule has 0 saturated carbocycles. The van der Waals surface area contributed by atoms with Gasteiger partial charge in [-0.25, -0.2) is 13.1 Å². The highest BCUT2D eigenvalue weighted by molar-refractivity contribution is 8.00. The van der Waals surface area contributed by atoms with Crippen LogP contribution in [0.4, 0.5) is 13.2 Å². The largest absolute Gasteiger partial charge is 0.441 e. The summed E-state index contributed by atoms with van der Waals surface area (Å²) >= 11 is -0.265. The van der Waals surface area contributed by atoms with Gasteiger partial charge < -0.3 is 5.73 Å². The molecule has 0 bridgehead atoms. The van der Waals surface area contributed by atoms with Gasteiger partial charge in [0.2, 0.25) is 10.0 Å². The molecule has 4 nitrogen and oxygen atoms in total. The van der Waals surface area contributed by atoms with Crippen molar-refractivity contribution in [3.8, 4) is 0 Å². The zero-order chi connectivity index (χ0) is 12.1. The quantitative estimate of drug-likeness (QED) is 0.687. The number of nitrogens with one attached hydrogen (secondary N) is 1. The fraction of sp³-hybridized carbons (Fsp3) is 1.00. The van der Waals surface area contributed by atoms with Crippen molar-refractivity contribution in [1.82, 2.24) is 4.72 Å². The van der Waals surface area contributed by atoms with Gasteiger partial charge in [-0.15, -0.1) is 0 Å². The minimum atomic E-state index is -4.33. The number of nitrogens with two attached hydrogens (primary N) is 1. The van der Waals surface area contributed by atoms with Crippen molar-refractivity contribution >= 4 is 21.8 Å². The van der Waals surface area contributed by atoms with Crippen LogP contribution in [-0.4, -0.2) is 38.0 Å². The van der Waals surface area contributed by atoms with Crippen LogP contribution in [0.15, 0.2) is 0 Å². The van der Waals surface area contributed by atoms with E-state index < -0.39 is 20.8 Å². The number of alkyl halides is 3. The van der Waals surface area contributed by atoms with Gasteiger partial charge in [0.05, 0.1) is 5.25 Å². The van der Waals surface area contributed by atoms with Crippen molar-refractivity contribution in [3.63, 3.8) is 0 Å². The first-order valence-electron chi connectivity index (χ1n) is 4.08. The Balaban J connectivity index is 3.87. The van der Waals surface area contributed by atoms with Crippen LogP contribution in [0, 0.1) is 0 Å². The lowest BCUT2D eigenvalue weighted by molar-refractivity contribution is -0.0327. The lowest BCUT2D eigenvalue weighted by Gasteiger charge is -2.11. The Morgan fingerprint density at radius 2 is 2.00 bits per heavy atom. The molecule has 0 fully saturated rings. The molecule has 0 aliphatic carbocycles. The van der Waals surface area contributed by atoms with Gasteiger partial charge >= 0.3 is 5.51 Å². The molecule has 0 rings (SSSR count). The summed E-state index contributed by atoms with van der Waals surface area (Å²) in [7, 11) is -3.58. The lowest BCUT2D eigenvalue weighted by Crippen LogP contribution is -2.38. The van der Waals surface area contributed by atoms with E-state index in [4.69, 9.17) is 5.73 Å². The van der Waals surface area contributed by atoms with Crippen molar-refractivity contribution in [3.05, 3.63) is 0 Å². The van der Waals surface area contributed by atoms with E-state index in [1.54, 1.807) is 0 Å². The van der Waals surface area contributed by atoms with Crippen molar-refractivity contribution in [2.75, 3.05) is 18.8 Å². The van der Waals surface area contributed by atoms with Crippen LogP contribution in [0.1, 0.15) is 6.92 Å². The highest BCUT2D eigenvalue weighted by Gasteiger charge is 2.28. The normalized spacial score (nSPS) is 15.3. The summed E-state index contributed by atoms with van der Waals surface area (Å²) in [6.07, 6.45) is 0. The van der Waals surface area contributed by atoms with Gasteiger partial charge in [-0.2, -0.15) is 13.2 Å². The molecule has 9 heteroatoms. The van der Waals surface area contributed by atoms with E-state index in [1.807, 2.05) is 0 Å². The standard InChI is InChI=1S/C6H13F3N2O2S2/c1-5(4-10)15(12,13)11-2-3-14-6(7,8)9/h5,11H,2-4,10H2,1H3. The summed E-state index contributed by atoms with van der Waals surface area (Å²) in [4.78, 5) is 0. The van der Waals surface area contributed by atoms with Gasteiger partial charge in [-0.3, -0.25) is 0 Å². The Bertz CT molecular complexity index is 279. The molecule has 3 N–H and O–H groups in total. The molecule has 1 atom stereocenters. The van der Waals surface area contributed by atoms with Crippen molar-refractivity contribution in [1.29, 1.82) is 0 Å². The second-order valence-corrected chi connectivity index (χ2v) is 6.12. The zero-order valence-corrected chi connectivity index (χ0v) is 9.68. The first-order chi connectivity index (χ1) is 6.69. The maximum absolute atomic E-state index is 11.7. The third-order valence-corrected chi connectivity index (χ3v) is 4.13. The summed E-state index contributed by atoms with van der Waals surface area (Å²) in [5.41, 5.74) is 0.799. The maximum atomic E-state index is 11.7. The summed E-state index contributed by atoms with van der Waals surface area (Å²) < 4.78 is 59.5. The van der Waals surface area contributed by atoms with Crippen LogP contribution in [-0.2, 0) is 10.0 Å². The predicted molar refractivity (Wildman–Crippen MR) is 54.0 cm³/mol. The van der Waals surface area contributed by atoms with E-state index in [0.717, 1.165) is 0 Å². The van der Waals surface area contributed by atoms with Gasteiger partial charge in [0.1, 0.15) is 0 Å². The molecule has 0 amide bonds. The molecule has 0 spiro atoms. The Morgan fingerprint density at radius 1 is 1.47 bits per heavy atom. The molecule has 0 aromatic carbocycles. The SMILES string of the molecule is CC(CN)S(=O)(=O)NCCSC(F)(F)F. The van der Waals surface area contributed by atoms with Crippen LogP contribution in [0.2, 0.25) is 0 Å². The average molecular weight is 266 g/mol. The van der Waals surface area contributed by atoms with Crippen LogP contribution >= 0.6 is 11.8 Å². The summed E-state index contributed by atoms with van der Waals surface area (Å²) in [5, 5.41) is -0.798.